The fraction of sp³-hybridized carbons (Fsp3) is 0.0833. The van der Waals surface area contributed by atoms with Crippen molar-refractivity contribution < 1.29 is 9.66 Å². The van der Waals surface area contributed by atoms with Crippen molar-refractivity contribution in [3.05, 3.63) is 105 Å². The van der Waals surface area contributed by atoms with Crippen LogP contribution in [0.4, 0.5) is 10.8 Å². The van der Waals surface area contributed by atoms with E-state index in [9.17, 15) is 10.1 Å². The number of hydrogen-bond donors (Lipinski definition) is 1. The fourth-order valence-electron chi connectivity index (χ4n) is 2.94. The number of non-ortho nitro benzene ring substituents is 1. The first kappa shape index (κ1) is 21.2. The zero-order valence-electron chi connectivity index (χ0n) is 17.3. The molecule has 1 heterocycles. The van der Waals surface area contributed by atoms with Gasteiger partial charge in [0.1, 0.15) is 12.4 Å². The Labute approximate surface area is 189 Å². The Morgan fingerprint density at radius 3 is 2.47 bits per heavy atom. The fourth-order valence-corrected chi connectivity index (χ4v) is 3.60. The molecule has 4 aromatic rings. The van der Waals surface area contributed by atoms with Crippen molar-refractivity contribution in [3.63, 3.8) is 0 Å². The topological polar surface area (TPSA) is 89.7 Å². The Hall–Kier alpha value is -4.04. The monoisotopic (exact) mass is 444 g/mol. The second-order valence-corrected chi connectivity index (χ2v) is 7.81. The predicted molar refractivity (Wildman–Crippen MR) is 127 cm³/mol. The summed E-state index contributed by atoms with van der Waals surface area (Å²) in [4.78, 5) is 14.9. The molecule has 0 bridgehead atoms. The molecule has 0 aliphatic rings. The number of benzene rings is 3. The van der Waals surface area contributed by atoms with Gasteiger partial charge < -0.3 is 4.74 Å². The summed E-state index contributed by atoms with van der Waals surface area (Å²) < 4.78 is 5.82. The summed E-state index contributed by atoms with van der Waals surface area (Å²) in [6.45, 7) is 2.44. The molecule has 160 valence electrons. The van der Waals surface area contributed by atoms with Gasteiger partial charge in [0, 0.05) is 23.1 Å². The van der Waals surface area contributed by atoms with E-state index in [1.165, 1.54) is 23.5 Å². The average molecular weight is 445 g/mol. The third-order valence-electron chi connectivity index (χ3n) is 4.72. The number of nitrogens with zero attached hydrogens (tertiary/aromatic N) is 3. The highest BCUT2D eigenvalue weighted by molar-refractivity contribution is 7.14. The molecule has 0 atom stereocenters. The molecule has 0 saturated heterocycles. The first-order valence-corrected chi connectivity index (χ1v) is 10.7. The lowest BCUT2D eigenvalue weighted by Crippen LogP contribution is -2.00. The maximum absolute atomic E-state index is 10.8. The van der Waals surface area contributed by atoms with Crippen LogP contribution in [0.5, 0.6) is 5.75 Å². The molecule has 0 amide bonds. The normalized spacial score (nSPS) is 11.2. The number of nitro benzene ring substituents is 1. The minimum atomic E-state index is -0.419. The van der Waals surface area contributed by atoms with Crippen LogP contribution in [0.25, 0.3) is 11.3 Å². The van der Waals surface area contributed by atoms with Crippen molar-refractivity contribution in [1.82, 2.24) is 4.98 Å². The third-order valence-corrected chi connectivity index (χ3v) is 5.46. The van der Waals surface area contributed by atoms with Crippen LogP contribution >= 0.6 is 11.3 Å². The standard InChI is InChI=1S/C24H20N4O3S/c1-17(19-9-13-22(14-10-19)31-15-18-5-3-2-4-6-18)26-27-24-25-23(16-32-24)20-7-11-21(12-8-20)28(29)30/h2-14,16H,15H2,1H3,(H,25,27)/b26-17-. The molecule has 4 rings (SSSR count). The van der Waals surface area contributed by atoms with Gasteiger partial charge in [-0.25, -0.2) is 4.98 Å². The van der Waals surface area contributed by atoms with Gasteiger partial charge in [-0.3, -0.25) is 15.5 Å². The van der Waals surface area contributed by atoms with Gasteiger partial charge >= 0.3 is 0 Å². The number of nitrogens with one attached hydrogen (secondary N) is 1. The molecule has 8 heteroatoms. The van der Waals surface area contributed by atoms with Gasteiger partial charge in [0.15, 0.2) is 0 Å². The van der Waals surface area contributed by atoms with Crippen molar-refractivity contribution in [2.24, 2.45) is 5.10 Å². The van der Waals surface area contributed by atoms with Crippen molar-refractivity contribution in [3.8, 4) is 17.0 Å². The van der Waals surface area contributed by atoms with Crippen molar-refractivity contribution in [1.29, 1.82) is 0 Å². The lowest BCUT2D eigenvalue weighted by atomic mass is 10.1. The van der Waals surface area contributed by atoms with E-state index in [1.54, 1.807) is 12.1 Å². The number of aromatic nitrogens is 1. The van der Waals surface area contributed by atoms with E-state index in [4.69, 9.17) is 4.74 Å². The zero-order valence-corrected chi connectivity index (χ0v) is 18.1. The summed E-state index contributed by atoms with van der Waals surface area (Å²) >= 11 is 1.42. The van der Waals surface area contributed by atoms with Gasteiger partial charge in [-0.05, 0) is 54.4 Å². The molecular formula is C24H20N4O3S. The third kappa shape index (κ3) is 5.35. The van der Waals surface area contributed by atoms with Crippen LogP contribution in [0, 0.1) is 10.1 Å². The SMILES string of the molecule is C/C(=N/Nc1nc(-c2ccc([N+](=O)[O-])cc2)cs1)c1ccc(OCc2ccccc2)cc1. The van der Waals surface area contributed by atoms with Crippen LogP contribution in [-0.4, -0.2) is 15.6 Å². The molecular weight excluding hydrogens is 424 g/mol. The molecule has 1 aromatic heterocycles. The highest BCUT2D eigenvalue weighted by Gasteiger charge is 2.08. The summed E-state index contributed by atoms with van der Waals surface area (Å²) in [6, 6.07) is 24.1. The minimum absolute atomic E-state index is 0.0547. The summed E-state index contributed by atoms with van der Waals surface area (Å²) in [5, 5.41) is 17.7. The van der Waals surface area contributed by atoms with E-state index in [2.05, 4.69) is 15.5 Å². The average Bonchev–Trinajstić information content (AvgIpc) is 3.31. The summed E-state index contributed by atoms with van der Waals surface area (Å²) in [5.74, 6) is 0.797. The van der Waals surface area contributed by atoms with Crippen LogP contribution in [-0.2, 0) is 6.61 Å². The Bertz CT molecular complexity index is 1220. The van der Waals surface area contributed by atoms with E-state index >= 15 is 0 Å². The quantitative estimate of drug-likeness (QED) is 0.200. The van der Waals surface area contributed by atoms with Crippen LogP contribution in [0.2, 0.25) is 0 Å². The van der Waals surface area contributed by atoms with Gasteiger partial charge in [-0.15, -0.1) is 11.3 Å². The van der Waals surface area contributed by atoms with Crippen LogP contribution < -0.4 is 10.2 Å². The number of hydrazone groups is 1. The largest absolute Gasteiger partial charge is 0.489 e. The molecule has 0 saturated carbocycles. The highest BCUT2D eigenvalue weighted by Crippen LogP contribution is 2.26. The van der Waals surface area contributed by atoms with Crippen molar-refractivity contribution in [2.75, 3.05) is 5.43 Å². The van der Waals surface area contributed by atoms with Gasteiger partial charge in [-0.1, -0.05) is 30.3 Å². The zero-order chi connectivity index (χ0) is 22.3. The number of anilines is 1. The number of nitro groups is 1. The van der Waals surface area contributed by atoms with Gasteiger partial charge in [0.05, 0.1) is 16.3 Å². The molecule has 3 aromatic carbocycles. The molecule has 0 aliphatic heterocycles. The van der Waals surface area contributed by atoms with E-state index < -0.39 is 4.92 Å². The molecule has 0 spiro atoms. The number of hydrogen-bond acceptors (Lipinski definition) is 7. The lowest BCUT2D eigenvalue weighted by Gasteiger charge is -2.07. The summed E-state index contributed by atoms with van der Waals surface area (Å²) in [6.07, 6.45) is 0. The first-order valence-electron chi connectivity index (χ1n) is 9.86. The van der Waals surface area contributed by atoms with Gasteiger partial charge in [0.25, 0.3) is 5.69 Å². The molecule has 32 heavy (non-hydrogen) atoms. The Morgan fingerprint density at radius 1 is 1.06 bits per heavy atom. The Morgan fingerprint density at radius 2 is 1.78 bits per heavy atom. The predicted octanol–water partition coefficient (Wildman–Crippen LogP) is 6.13. The van der Waals surface area contributed by atoms with E-state index in [0.29, 0.717) is 11.7 Å². The molecule has 0 radical (unpaired) electrons. The van der Waals surface area contributed by atoms with E-state index in [0.717, 1.165) is 33.8 Å². The lowest BCUT2D eigenvalue weighted by molar-refractivity contribution is -0.384. The van der Waals surface area contributed by atoms with Crippen molar-refractivity contribution in [2.45, 2.75) is 13.5 Å². The maximum atomic E-state index is 10.8. The number of thiazole rings is 1. The minimum Gasteiger partial charge on any atom is -0.489 e. The first-order chi connectivity index (χ1) is 15.6. The molecule has 0 aliphatic carbocycles. The van der Waals surface area contributed by atoms with Crippen LogP contribution in [0.3, 0.4) is 0 Å². The second kappa shape index (κ2) is 9.84. The highest BCUT2D eigenvalue weighted by atomic mass is 32.1. The number of ether oxygens (including phenoxy) is 1. The maximum Gasteiger partial charge on any atom is 0.269 e. The second-order valence-electron chi connectivity index (χ2n) is 6.95. The van der Waals surface area contributed by atoms with E-state index in [-0.39, 0.29) is 5.69 Å². The Kier molecular flexibility index (Phi) is 6.52. The molecule has 0 unspecified atom stereocenters. The van der Waals surface area contributed by atoms with Crippen LogP contribution in [0.15, 0.2) is 89.3 Å². The molecule has 7 nitrogen and oxygen atoms in total. The summed E-state index contributed by atoms with van der Waals surface area (Å²) in [7, 11) is 0. The van der Waals surface area contributed by atoms with Crippen LogP contribution in [0.1, 0.15) is 18.1 Å². The van der Waals surface area contributed by atoms with E-state index in [1.807, 2.05) is 66.9 Å². The van der Waals surface area contributed by atoms with Gasteiger partial charge in [0.2, 0.25) is 5.13 Å². The smallest absolute Gasteiger partial charge is 0.269 e. The molecule has 1 N–H and O–H groups in total. The summed E-state index contributed by atoms with van der Waals surface area (Å²) in [5.41, 5.74) is 7.48. The van der Waals surface area contributed by atoms with Crippen molar-refractivity contribution >= 4 is 27.9 Å². The Balaban J connectivity index is 1.36. The number of rotatable bonds is 8. The van der Waals surface area contributed by atoms with Gasteiger partial charge in [-0.2, -0.15) is 5.10 Å². The molecule has 0 fully saturated rings.